The molecule has 0 saturated carbocycles. The van der Waals surface area contributed by atoms with Crippen LogP contribution in [0.5, 0.6) is 0 Å². The average Bonchev–Trinajstić information content (AvgIpc) is 2.48. The predicted molar refractivity (Wildman–Crippen MR) is 76.5 cm³/mol. The third-order valence-electron chi connectivity index (χ3n) is 3.96. The van der Waals surface area contributed by atoms with Gasteiger partial charge in [-0.05, 0) is 30.7 Å². The molecule has 0 aromatic heterocycles. The molecule has 1 aliphatic heterocycles. The number of nitrogens with zero attached hydrogens (tertiary/aromatic N) is 1. The standard InChI is InChI=1S/C16H21NO3/c1-12(13-7-3-2-4-8-13)11-15(18)17-10-6-5-9-14(17)16(19)20/h2-4,7-8,12,14H,5-6,9-11H2,1H3,(H,19,20)/t12?,14-/m1/s1. The molecule has 1 N–H and O–H groups in total. The number of likely N-dealkylation sites (tertiary alicyclic amines) is 1. The summed E-state index contributed by atoms with van der Waals surface area (Å²) in [6, 6.07) is 9.22. The number of amides is 1. The number of rotatable bonds is 4. The van der Waals surface area contributed by atoms with Crippen molar-refractivity contribution in [1.82, 2.24) is 4.90 Å². The van der Waals surface area contributed by atoms with Crippen LogP contribution in [0.25, 0.3) is 0 Å². The van der Waals surface area contributed by atoms with Crippen LogP contribution in [0.3, 0.4) is 0 Å². The molecule has 20 heavy (non-hydrogen) atoms. The van der Waals surface area contributed by atoms with E-state index < -0.39 is 12.0 Å². The van der Waals surface area contributed by atoms with E-state index in [0.717, 1.165) is 18.4 Å². The zero-order chi connectivity index (χ0) is 14.5. The van der Waals surface area contributed by atoms with Gasteiger partial charge >= 0.3 is 5.97 Å². The van der Waals surface area contributed by atoms with Crippen molar-refractivity contribution < 1.29 is 14.7 Å². The summed E-state index contributed by atoms with van der Waals surface area (Å²) in [6.45, 7) is 2.57. The van der Waals surface area contributed by atoms with Gasteiger partial charge in [0.15, 0.2) is 0 Å². The second kappa shape index (κ2) is 6.55. The Bertz CT molecular complexity index is 472. The number of carboxylic acids is 1. The topological polar surface area (TPSA) is 57.6 Å². The van der Waals surface area contributed by atoms with E-state index in [4.69, 9.17) is 0 Å². The van der Waals surface area contributed by atoms with E-state index in [1.807, 2.05) is 37.3 Å². The lowest BCUT2D eigenvalue weighted by atomic mass is 9.95. The lowest BCUT2D eigenvalue weighted by Gasteiger charge is -2.33. The first kappa shape index (κ1) is 14.6. The highest BCUT2D eigenvalue weighted by Gasteiger charge is 2.32. The summed E-state index contributed by atoms with van der Waals surface area (Å²) >= 11 is 0. The van der Waals surface area contributed by atoms with E-state index >= 15 is 0 Å². The van der Waals surface area contributed by atoms with E-state index in [2.05, 4.69) is 0 Å². The van der Waals surface area contributed by atoms with Crippen molar-refractivity contribution in [3.05, 3.63) is 35.9 Å². The average molecular weight is 275 g/mol. The van der Waals surface area contributed by atoms with Crippen LogP contribution in [0.4, 0.5) is 0 Å². The monoisotopic (exact) mass is 275 g/mol. The molecule has 0 spiro atoms. The number of hydrogen-bond donors (Lipinski definition) is 1. The van der Waals surface area contributed by atoms with Gasteiger partial charge in [-0.3, -0.25) is 4.79 Å². The summed E-state index contributed by atoms with van der Waals surface area (Å²) in [6.07, 6.45) is 2.72. The summed E-state index contributed by atoms with van der Waals surface area (Å²) < 4.78 is 0. The molecule has 1 amide bonds. The fraction of sp³-hybridized carbons (Fsp3) is 0.500. The highest BCUT2D eigenvalue weighted by molar-refractivity contribution is 5.84. The minimum Gasteiger partial charge on any atom is -0.480 e. The quantitative estimate of drug-likeness (QED) is 0.919. The zero-order valence-electron chi connectivity index (χ0n) is 11.8. The van der Waals surface area contributed by atoms with Gasteiger partial charge in [-0.2, -0.15) is 0 Å². The number of benzene rings is 1. The van der Waals surface area contributed by atoms with Gasteiger partial charge < -0.3 is 10.0 Å². The van der Waals surface area contributed by atoms with Gasteiger partial charge in [-0.1, -0.05) is 37.3 Å². The summed E-state index contributed by atoms with van der Waals surface area (Å²) in [5.74, 6) is -0.820. The summed E-state index contributed by atoms with van der Waals surface area (Å²) in [5, 5.41) is 9.21. The Labute approximate surface area is 119 Å². The maximum Gasteiger partial charge on any atom is 0.326 e. The van der Waals surface area contributed by atoms with E-state index in [1.54, 1.807) is 4.90 Å². The van der Waals surface area contributed by atoms with E-state index in [-0.39, 0.29) is 11.8 Å². The zero-order valence-corrected chi connectivity index (χ0v) is 11.8. The minimum absolute atomic E-state index is 0.0477. The minimum atomic E-state index is -0.884. The normalized spacial score (nSPS) is 20.4. The van der Waals surface area contributed by atoms with Crippen molar-refractivity contribution in [2.24, 2.45) is 0 Å². The van der Waals surface area contributed by atoms with Crippen LogP contribution in [0.15, 0.2) is 30.3 Å². The fourth-order valence-corrected chi connectivity index (χ4v) is 2.77. The number of carbonyl (C=O) groups is 2. The second-order valence-electron chi connectivity index (χ2n) is 5.45. The van der Waals surface area contributed by atoms with Crippen LogP contribution in [0.2, 0.25) is 0 Å². The largest absolute Gasteiger partial charge is 0.480 e. The Balaban J connectivity index is 2.01. The van der Waals surface area contributed by atoms with Gasteiger partial charge in [0.2, 0.25) is 5.91 Å². The molecule has 1 aromatic rings. The maximum atomic E-state index is 12.4. The lowest BCUT2D eigenvalue weighted by Crippen LogP contribution is -2.48. The Morgan fingerprint density at radius 2 is 2.00 bits per heavy atom. The van der Waals surface area contributed by atoms with E-state index in [0.29, 0.717) is 19.4 Å². The van der Waals surface area contributed by atoms with Crippen LogP contribution in [-0.2, 0) is 9.59 Å². The first-order valence-corrected chi connectivity index (χ1v) is 7.17. The predicted octanol–water partition coefficient (Wildman–Crippen LogP) is 2.65. The van der Waals surface area contributed by atoms with Crippen LogP contribution >= 0.6 is 0 Å². The molecule has 0 aliphatic carbocycles. The smallest absolute Gasteiger partial charge is 0.326 e. The van der Waals surface area contributed by atoms with E-state index in [1.165, 1.54) is 0 Å². The van der Waals surface area contributed by atoms with Crippen LogP contribution in [0.1, 0.15) is 44.1 Å². The third-order valence-corrected chi connectivity index (χ3v) is 3.96. The summed E-state index contributed by atoms with van der Waals surface area (Å²) in [5.41, 5.74) is 1.12. The molecular formula is C16H21NO3. The SMILES string of the molecule is CC(CC(=O)N1CCCC[C@@H]1C(=O)O)c1ccccc1. The van der Waals surface area contributed by atoms with Crippen molar-refractivity contribution in [3.8, 4) is 0 Å². The third kappa shape index (κ3) is 3.38. The summed E-state index contributed by atoms with van der Waals surface area (Å²) in [4.78, 5) is 25.1. The Morgan fingerprint density at radius 1 is 1.30 bits per heavy atom. The van der Waals surface area contributed by atoms with Gasteiger partial charge in [0.25, 0.3) is 0 Å². The number of piperidine rings is 1. The number of aliphatic carboxylic acids is 1. The highest BCUT2D eigenvalue weighted by Crippen LogP contribution is 2.23. The van der Waals surface area contributed by atoms with Gasteiger partial charge in [-0.15, -0.1) is 0 Å². The van der Waals surface area contributed by atoms with Gasteiger partial charge in [0.05, 0.1) is 0 Å². The fourth-order valence-electron chi connectivity index (χ4n) is 2.77. The highest BCUT2D eigenvalue weighted by atomic mass is 16.4. The molecule has 1 aromatic carbocycles. The van der Waals surface area contributed by atoms with Crippen LogP contribution in [-0.4, -0.2) is 34.5 Å². The Kier molecular flexibility index (Phi) is 4.77. The van der Waals surface area contributed by atoms with Gasteiger partial charge in [0.1, 0.15) is 6.04 Å². The molecule has 0 bridgehead atoms. The second-order valence-corrected chi connectivity index (χ2v) is 5.45. The van der Waals surface area contributed by atoms with Crippen molar-refractivity contribution >= 4 is 11.9 Å². The molecule has 1 saturated heterocycles. The number of carboxylic acid groups (broad SMARTS) is 1. The van der Waals surface area contributed by atoms with Crippen LogP contribution in [0, 0.1) is 0 Å². The van der Waals surface area contributed by atoms with E-state index in [9.17, 15) is 14.7 Å². The molecule has 1 unspecified atom stereocenters. The van der Waals surface area contributed by atoms with Crippen LogP contribution < -0.4 is 0 Å². The lowest BCUT2D eigenvalue weighted by molar-refractivity contribution is -0.152. The van der Waals surface area contributed by atoms with Crippen molar-refractivity contribution in [2.45, 2.75) is 44.6 Å². The first-order chi connectivity index (χ1) is 9.59. The summed E-state index contributed by atoms with van der Waals surface area (Å²) in [7, 11) is 0. The molecule has 4 nitrogen and oxygen atoms in total. The molecule has 4 heteroatoms. The Morgan fingerprint density at radius 3 is 2.65 bits per heavy atom. The van der Waals surface area contributed by atoms with Crippen molar-refractivity contribution in [1.29, 1.82) is 0 Å². The van der Waals surface area contributed by atoms with Crippen molar-refractivity contribution in [2.75, 3.05) is 6.54 Å². The molecular weight excluding hydrogens is 254 g/mol. The molecule has 1 fully saturated rings. The molecule has 0 radical (unpaired) electrons. The van der Waals surface area contributed by atoms with Gasteiger partial charge in [-0.25, -0.2) is 4.79 Å². The molecule has 2 atom stereocenters. The first-order valence-electron chi connectivity index (χ1n) is 7.17. The molecule has 1 heterocycles. The number of hydrogen-bond acceptors (Lipinski definition) is 2. The molecule has 2 rings (SSSR count). The molecule has 1 aliphatic rings. The Hall–Kier alpha value is -1.84. The van der Waals surface area contributed by atoms with Gasteiger partial charge in [0, 0.05) is 13.0 Å². The van der Waals surface area contributed by atoms with Crippen molar-refractivity contribution in [3.63, 3.8) is 0 Å². The molecule has 108 valence electrons. The maximum absolute atomic E-state index is 12.4. The number of carbonyl (C=O) groups excluding carboxylic acids is 1.